The molecule has 2 aromatic carbocycles. The van der Waals surface area contributed by atoms with Gasteiger partial charge < -0.3 is 4.90 Å². The van der Waals surface area contributed by atoms with Gasteiger partial charge in [-0.05, 0) is 93.0 Å². The highest BCUT2D eigenvalue weighted by Crippen LogP contribution is 2.34. The molecule has 0 N–H and O–H groups in total. The molecular formula is C22H25FN2O2S. The SMILES string of the molecule is C/C(=N\c1ccc(S(=O)(=O)c2ccc(F)cc2)cc1)N1CC2CCC(CC2)C1. The molecule has 0 aromatic heterocycles. The number of sulfone groups is 1. The van der Waals surface area contributed by atoms with E-state index in [1.54, 1.807) is 24.3 Å². The van der Waals surface area contributed by atoms with Gasteiger partial charge in [0.25, 0.3) is 0 Å². The summed E-state index contributed by atoms with van der Waals surface area (Å²) in [5.41, 5.74) is 0.743. The number of nitrogens with zero attached hydrogens (tertiary/aromatic N) is 2. The number of rotatable bonds is 3. The van der Waals surface area contributed by atoms with Crippen LogP contribution in [0.4, 0.5) is 10.1 Å². The van der Waals surface area contributed by atoms with E-state index in [0.717, 1.165) is 48.6 Å². The second kappa shape index (κ2) is 7.66. The summed E-state index contributed by atoms with van der Waals surface area (Å²) in [5.74, 6) is 2.08. The number of hydrogen-bond acceptors (Lipinski definition) is 3. The molecule has 2 saturated heterocycles. The molecule has 1 saturated carbocycles. The third-order valence-electron chi connectivity index (χ3n) is 5.94. The van der Waals surface area contributed by atoms with Crippen LogP contribution in [0.1, 0.15) is 32.6 Å². The van der Waals surface area contributed by atoms with Crippen molar-refractivity contribution in [3.63, 3.8) is 0 Å². The van der Waals surface area contributed by atoms with Gasteiger partial charge in [-0.1, -0.05) is 0 Å². The van der Waals surface area contributed by atoms with Crippen molar-refractivity contribution in [1.82, 2.24) is 4.90 Å². The number of amidine groups is 1. The maximum absolute atomic E-state index is 13.1. The largest absolute Gasteiger partial charge is 0.360 e. The Balaban J connectivity index is 1.53. The Morgan fingerprint density at radius 3 is 1.86 bits per heavy atom. The monoisotopic (exact) mass is 400 g/mol. The molecule has 4 nitrogen and oxygen atoms in total. The standard InChI is InChI=1S/C22H25FN2O2S/c1-16(25-14-17-2-3-18(15-25)5-4-17)24-20-8-12-22(13-9-20)28(26,27)21-10-6-19(23)7-11-21/h6-13,17-18H,2-5,14-15H2,1H3/b24-16+. The van der Waals surface area contributed by atoms with Crippen molar-refractivity contribution < 1.29 is 12.8 Å². The zero-order valence-electron chi connectivity index (χ0n) is 16.0. The van der Waals surface area contributed by atoms with Crippen LogP contribution in [0.5, 0.6) is 0 Å². The first-order valence-electron chi connectivity index (χ1n) is 9.83. The maximum atomic E-state index is 13.1. The number of hydrogen-bond donors (Lipinski definition) is 0. The molecular weight excluding hydrogens is 375 g/mol. The third kappa shape index (κ3) is 3.97. The minimum Gasteiger partial charge on any atom is -0.360 e. The predicted molar refractivity (Wildman–Crippen MR) is 108 cm³/mol. The molecule has 0 radical (unpaired) electrons. The number of aliphatic imine (C=N–C) groups is 1. The summed E-state index contributed by atoms with van der Waals surface area (Å²) in [5, 5.41) is 0. The third-order valence-corrected chi connectivity index (χ3v) is 7.73. The molecule has 0 spiro atoms. The van der Waals surface area contributed by atoms with Gasteiger partial charge in [-0.25, -0.2) is 17.8 Å². The summed E-state index contributed by atoms with van der Waals surface area (Å²) in [6, 6.07) is 11.5. The van der Waals surface area contributed by atoms with E-state index in [1.807, 2.05) is 6.92 Å². The molecule has 148 valence electrons. The molecule has 0 amide bonds. The molecule has 0 atom stereocenters. The van der Waals surface area contributed by atoms with Crippen LogP contribution in [-0.4, -0.2) is 32.2 Å². The first kappa shape index (κ1) is 19.1. The lowest BCUT2D eigenvalue weighted by Crippen LogP contribution is -2.32. The van der Waals surface area contributed by atoms with E-state index >= 15 is 0 Å². The van der Waals surface area contributed by atoms with Crippen LogP contribution in [0.2, 0.25) is 0 Å². The van der Waals surface area contributed by atoms with Crippen LogP contribution in [0.15, 0.2) is 63.3 Å². The van der Waals surface area contributed by atoms with Gasteiger partial charge in [0.1, 0.15) is 11.7 Å². The molecule has 3 fully saturated rings. The summed E-state index contributed by atoms with van der Waals surface area (Å²) >= 11 is 0. The molecule has 28 heavy (non-hydrogen) atoms. The lowest BCUT2D eigenvalue weighted by Gasteiger charge is -2.24. The second-order valence-corrected chi connectivity index (χ2v) is 9.85. The number of benzene rings is 2. The highest BCUT2D eigenvalue weighted by molar-refractivity contribution is 7.91. The van der Waals surface area contributed by atoms with E-state index < -0.39 is 15.7 Å². The molecule has 2 aliphatic heterocycles. The smallest absolute Gasteiger partial charge is 0.206 e. The Morgan fingerprint density at radius 2 is 1.36 bits per heavy atom. The molecule has 2 bridgehead atoms. The Bertz CT molecular complexity index is 947. The van der Waals surface area contributed by atoms with Gasteiger partial charge in [0.05, 0.1) is 15.5 Å². The van der Waals surface area contributed by atoms with E-state index in [0.29, 0.717) is 0 Å². The Labute approximate surface area is 166 Å². The van der Waals surface area contributed by atoms with Crippen molar-refractivity contribution in [1.29, 1.82) is 0 Å². The van der Waals surface area contributed by atoms with Gasteiger partial charge in [0.15, 0.2) is 0 Å². The summed E-state index contributed by atoms with van der Waals surface area (Å²) < 4.78 is 38.4. The van der Waals surface area contributed by atoms with Gasteiger partial charge >= 0.3 is 0 Å². The van der Waals surface area contributed by atoms with Gasteiger partial charge in [-0.15, -0.1) is 0 Å². The van der Waals surface area contributed by atoms with Crippen LogP contribution in [0.25, 0.3) is 0 Å². The highest BCUT2D eigenvalue weighted by atomic mass is 32.2. The minimum atomic E-state index is -3.66. The van der Waals surface area contributed by atoms with Crippen molar-refractivity contribution in [2.75, 3.05) is 13.1 Å². The zero-order valence-corrected chi connectivity index (χ0v) is 16.8. The Hall–Kier alpha value is -2.21. The molecule has 5 rings (SSSR count). The summed E-state index contributed by atoms with van der Waals surface area (Å²) in [4.78, 5) is 7.38. The minimum absolute atomic E-state index is 0.0846. The van der Waals surface area contributed by atoms with E-state index in [9.17, 15) is 12.8 Å². The summed E-state index contributed by atoms with van der Waals surface area (Å²) in [7, 11) is -3.66. The summed E-state index contributed by atoms with van der Waals surface area (Å²) in [6.45, 7) is 4.18. The fraction of sp³-hybridized carbons (Fsp3) is 0.409. The van der Waals surface area contributed by atoms with Gasteiger partial charge in [-0.3, -0.25) is 0 Å². The van der Waals surface area contributed by atoms with Crippen molar-refractivity contribution in [2.45, 2.75) is 42.4 Å². The van der Waals surface area contributed by atoms with E-state index in [2.05, 4.69) is 4.90 Å². The number of halogens is 1. The average Bonchev–Trinajstić information content (AvgIpc) is 3.03. The molecule has 0 unspecified atom stereocenters. The fourth-order valence-electron chi connectivity index (χ4n) is 4.27. The topological polar surface area (TPSA) is 49.7 Å². The van der Waals surface area contributed by atoms with Crippen LogP contribution in [0.3, 0.4) is 0 Å². The molecule has 2 heterocycles. The normalized spacial score (nSPS) is 22.9. The van der Waals surface area contributed by atoms with Gasteiger partial charge in [-0.2, -0.15) is 0 Å². The molecule has 1 aliphatic carbocycles. The predicted octanol–water partition coefficient (Wildman–Crippen LogP) is 4.83. The van der Waals surface area contributed by atoms with E-state index in [1.165, 1.54) is 37.8 Å². The molecule has 2 aromatic rings. The number of fused-ring (bicyclic) bond motifs is 4. The van der Waals surface area contributed by atoms with Crippen LogP contribution in [0, 0.1) is 17.7 Å². The first-order chi connectivity index (χ1) is 13.4. The van der Waals surface area contributed by atoms with Crippen molar-refractivity contribution in [3.05, 3.63) is 54.3 Å². The Kier molecular flexibility index (Phi) is 5.23. The summed E-state index contributed by atoms with van der Waals surface area (Å²) in [6.07, 6.45) is 5.30. The lowest BCUT2D eigenvalue weighted by atomic mass is 9.84. The van der Waals surface area contributed by atoms with Crippen molar-refractivity contribution in [3.8, 4) is 0 Å². The van der Waals surface area contributed by atoms with Crippen LogP contribution >= 0.6 is 0 Å². The lowest BCUT2D eigenvalue weighted by molar-refractivity contribution is 0.326. The van der Waals surface area contributed by atoms with Crippen molar-refractivity contribution in [2.24, 2.45) is 16.8 Å². The quantitative estimate of drug-likeness (QED) is 0.421. The first-order valence-corrected chi connectivity index (χ1v) is 11.3. The van der Waals surface area contributed by atoms with E-state index in [4.69, 9.17) is 4.99 Å². The van der Waals surface area contributed by atoms with Gasteiger partial charge in [0, 0.05) is 13.1 Å². The second-order valence-electron chi connectivity index (χ2n) is 7.90. The fourth-order valence-corrected chi connectivity index (χ4v) is 5.53. The van der Waals surface area contributed by atoms with E-state index in [-0.39, 0.29) is 9.79 Å². The molecule has 3 aliphatic rings. The van der Waals surface area contributed by atoms with Crippen LogP contribution in [-0.2, 0) is 9.84 Å². The highest BCUT2D eigenvalue weighted by Gasteiger charge is 2.29. The van der Waals surface area contributed by atoms with Crippen molar-refractivity contribution >= 4 is 21.4 Å². The van der Waals surface area contributed by atoms with Crippen LogP contribution < -0.4 is 0 Å². The van der Waals surface area contributed by atoms with Gasteiger partial charge in [0.2, 0.25) is 9.84 Å². The zero-order chi connectivity index (χ0) is 19.7. The molecule has 6 heteroatoms. The Morgan fingerprint density at radius 1 is 0.893 bits per heavy atom. The maximum Gasteiger partial charge on any atom is 0.206 e. The average molecular weight is 401 g/mol.